The third-order valence-electron chi connectivity index (χ3n) is 8.17. The van der Waals surface area contributed by atoms with Crippen LogP contribution in [0.1, 0.15) is 91.9 Å². The molecule has 1 saturated heterocycles. The van der Waals surface area contributed by atoms with Crippen LogP contribution >= 0.6 is 11.6 Å². The van der Waals surface area contributed by atoms with Crippen molar-refractivity contribution in [1.29, 1.82) is 0 Å². The first-order valence-corrected chi connectivity index (χ1v) is 16.5. The summed E-state index contributed by atoms with van der Waals surface area (Å²) in [6, 6.07) is 13.0. The van der Waals surface area contributed by atoms with Crippen LogP contribution < -0.4 is 10.6 Å². The molecule has 2 N–H and O–H groups in total. The summed E-state index contributed by atoms with van der Waals surface area (Å²) in [5.74, 6) is 0.433. The Labute approximate surface area is 277 Å². The Kier molecular flexibility index (Phi) is 12.7. The molecule has 252 valence electrons. The molecule has 10 nitrogen and oxygen atoms in total. The smallest absolute Gasteiger partial charge is 0.410 e. The monoisotopic (exact) mass is 657 g/mol. The molecule has 3 atom stereocenters. The van der Waals surface area contributed by atoms with E-state index in [1.807, 2.05) is 51.1 Å². The van der Waals surface area contributed by atoms with E-state index in [2.05, 4.69) is 21.4 Å². The Balaban J connectivity index is 1.55. The van der Waals surface area contributed by atoms with Crippen LogP contribution in [0.15, 0.2) is 42.5 Å². The minimum atomic E-state index is -0.635. The third kappa shape index (κ3) is 10.9. The van der Waals surface area contributed by atoms with E-state index in [4.69, 9.17) is 25.8 Å². The normalized spacial score (nSPS) is 17.8. The van der Waals surface area contributed by atoms with Gasteiger partial charge in [0.1, 0.15) is 11.7 Å². The van der Waals surface area contributed by atoms with Gasteiger partial charge in [-0.1, -0.05) is 29.8 Å². The maximum atomic E-state index is 13.8. The van der Waals surface area contributed by atoms with Crippen LogP contribution in [0.2, 0.25) is 5.02 Å². The van der Waals surface area contributed by atoms with Crippen molar-refractivity contribution in [2.24, 2.45) is 5.92 Å². The number of methoxy groups -OCH3 is 1. The molecular weight excluding hydrogens is 610 g/mol. The van der Waals surface area contributed by atoms with Crippen molar-refractivity contribution in [3.8, 4) is 0 Å². The van der Waals surface area contributed by atoms with E-state index in [0.29, 0.717) is 29.5 Å². The quantitative estimate of drug-likeness (QED) is 0.238. The molecule has 1 saturated carbocycles. The average molecular weight is 658 g/mol. The van der Waals surface area contributed by atoms with Gasteiger partial charge in [0.15, 0.2) is 0 Å². The number of hydrogen-bond donors (Lipinski definition) is 2. The third-order valence-corrected chi connectivity index (χ3v) is 8.41. The van der Waals surface area contributed by atoms with Crippen molar-refractivity contribution >= 4 is 29.7 Å². The van der Waals surface area contributed by atoms with E-state index < -0.39 is 23.9 Å². The van der Waals surface area contributed by atoms with Crippen LogP contribution in [0.3, 0.4) is 0 Å². The average Bonchev–Trinajstić information content (AvgIpc) is 3.88. The summed E-state index contributed by atoms with van der Waals surface area (Å²) in [5.41, 5.74) is 2.61. The van der Waals surface area contributed by atoms with E-state index in [1.54, 1.807) is 18.0 Å². The zero-order valence-electron chi connectivity index (χ0n) is 27.6. The highest BCUT2D eigenvalue weighted by molar-refractivity contribution is 6.30. The van der Waals surface area contributed by atoms with Crippen LogP contribution in [-0.4, -0.2) is 81.7 Å². The summed E-state index contributed by atoms with van der Waals surface area (Å²) in [6.07, 6.45) is 3.30. The molecule has 2 aromatic carbocycles. The first kappa shape index (κ1) is 35.5. The fourth-order valence-electron chi connectivity index (χ4n) is 5.62. The van der Waals surface area contributed by atoms with E-state index in [1.165, 1.54) is 7.11 Å². The van der Waals surface area contributed by atoms with Crippen LogP contribution in [0.5, 0.6) is 0 Å². The van der Waals surface area contributed by atoms with E-state index in [0.717, 1.165) is 49.0 Å². The molecule has 0 radical (unpaired) electrons. The number of benzene rings is 2. The number of likely N-dealkylation sites (N-methyl/N-ethyl adjacent to an activating group) is 1. The number of amides is 3. The minimum absolute atomic E-state index is 0.213. The summed E-state index contributed by atoms with van der Waals surface area (Å²) in [7, 11) is 3.03. The maximum Gasteiger partial charge on any atom is 0.410 e. The fourth-order valence-corrected chi connectivity index (χ4v) is 5.82. The highest BCUT2D eigenvalue weighted by Crippen LogP contribution is 2.42. The van der Waals surface area contributed by atoms with Gasteiger partial charge in [-0.05, 0) is 106 Å². The second kappa shape index (κ2) is 16.5. The molecule has 2 aliphatic rings. The Bertz CT molecular complexity index is 1340. The van der Waals surface area contributed by atoms with Gasteiger partial charge in [-0.3, -0.25) is 4.79 Å². The van der Waals surface area contributed by atoms with Crippen molar-refractivity contribution in [3.05, 3.63) is 69.7 Å². The molecule has 4 rings (SSSR count). The van der Waals surface area contributed by atoms with Gasteiger partial charge in [-0.25, -0.2) is 9.59 Å². The lowest BCUT2D eigenvalue weighted by molar-refractivity contribution is 0.0112. The minimum Gasteiger partial charge on any atom is -0.453 e. The standard InChI is InChI=1S/C35H48ClN3O7/c1-35(2,3)46-34(42)39(4)30(16-23-8-7-14-44-22-23)21-38-32(40)28-18-26(24-11-12-24)17-27(19-28)31(25-9-6-10-29(36)20-25)45-15-13-37-33(41)43-5/h6,9-10,17-20,23-24,30-31H,7-8,11-16,21-22H2,1-5H3,(H,37,41)(H,38,40). The lowest BCUT2D eigenvalue weighted by Gasteiger charge is -2.34. The summed E-state index contributed by atoms with van der Waals surface area (Å²) in [5, 5.41) is 6.31. The van der Waals surface area contributed by atoms with Crippen molar-refractivity contribution in [1.82, 2.24) is 15.5 Å². The molecule has 3 amide bonds. The van der Waals surface area contributed by atoms with Gasteiger partial charge < -0.3 is 34.5 Å². The second-order valence-corrected chi connectivity index (χ2v) is 13.6. The van der Waals surface area contributed by atoms with Gasteiger partial charge in [0.2, 0.25) is 0 Å². The molecule has 1 aliphatic heterocycles. The first-order chi connectivity index (χ1) is 21.9. The van der Waals surface area contributed by atoms with Crippen molar-refractivity contribution < 1.29 is 33.3 Å². The lowest BCUT2D eigenvalue weighted by Crippen LogP contribution is -2.48. The molecule has 3 unspecified atom stereocenters. The van der Waals surface area contributed by atoms with Crippen molar-refractivity contribution in [2.75, 3.05) is 47.1 Å². The molecule has 0 spiro atoms. The number of carbonyl (C=O) groups is 3. The number of halogens is 1. The summed E-state index contributed by atoms with van der Waals surface area (Å²) < 4.78 is 22.3. The number of hydrogen-bond acceptors (Lipinski definition) is 7. The SMILES string of the molecule is COC(=O)NCCOC(c1cccc(Cl)c1)c1cc(C(=O)NCC(CC2CCCOC2)N(C)C(=O)OC(C)(C)C)cc(C2CC2)c1. The van der Waals surface area contributed by atoms with Gasteiger partial charge in [0.25, 0.3) is 5.91 Å². The largest absolute Gasteiger partial charge is 0.453 e. The lowest BCUT2D eigenvalue weighted by atomic mass is 9.93. The van der Waals surface area contributed by atoms with Gasteiger partial charge in [0.05, 0.1) is 19.8 Å². The van der Waals surface area contributed by atoms with Crippen LogP contribution in [0.4, 0.5) is 9.59 Å². The molecule has 1 aliphatic carbocycles. The predicted molar refractivity (Wildman–Crippen MR) is 176 cm³/mol. The molecule has 2 aromatic rings. The second-order valence-electron chi connectivity index (χ2n) is 13.2. The Hall–Kier alpha value is -3.34. The van der Waals surface area contributed by atoms with E-state index in [-0.39, 0.29) is 37.6 Å². The highest BCUT2D eigenvalue weighted by Gasteiger charge is 2.30. The van der Waals surface area contributed by atoms with Gasteiger partial charge >= 0.3 is 12.2 Å². The first-order valence-electron chi connectivity index (χ1n) is 16.1. The Morgan fingerprint density at radius 1 is 1.07 bits per heavy atom. The van der Waals surface area contributed by atoms with Crippen molar-refractivity contribution in [2.45, 2.75) is 76.5 Å². The van der Waals surface area contributed by atoms with E-state index in [9.17, 15) is 14.4 Å². The highest BCUT2D eigenvalue weighted by atomic mass is 35.5. The molecule has 1 heterocycles. The zero-order chi connectivity index (χ0) is 33.3. The van der Waals surface area contributed by atoms with Gasteiger partial charge in [-0.15, -0.1) is 0 Å². The van der Waals surface area contributed by atoms with Crippen molar-refractivity contribution in [3.63, 3.8) is 0 Å². The number of alkyl carbamates (subject to hydrolysis) is 1. The van der Waals surface area contributed by atoms with Crippen LogP contribution in [-0.2, 0) is 18.9 Å². The topological polar surface area (TPSA) is 115 Å². The molecule has 2 fully saturated rings. The molecule has 11 heteroatoms. The van der Waals surface area contributed by atoms with Gasteiger partial charge in [0, 0.05) is 43.9 Å². The maximum absolute atomic E-state index is 13.8. The summed E-state index contributed by atoms with van der Waals surface area (Å²) in [4.78, 5) is 40.0. The van der Waals surface area contributed by atoms with E-state index >= 15 is 0 Å². The number of ether oxygens (including phenoxy) is 4. The zero-order valence-corrected chi connectivity index (χ0v) is 28.4. The molecular formula is C35H48ClN3O7. The number of carbonyl (C=O) groups excluding carboxylic acids is 3. The molecule has 0 bridgehead atoms. The fraction of sp³-hybridized carbons (Fsp3) is 0.571. The Morgan fingerprint density at radius 3 is 2.50 bits per heavy atom. The Morgan fingerprint density at radius 2 is 1.85 bits per heavy atom. The van der Waals surface area contributed by atoms with Gasteiger partial charge in [-0.2, -0.15) is 0 Å². The molecule has 46 heavy (non-hydrogen) atoms. The number of nitrogens with zero attached hydrogens (tertiary/aromatic N) is 1. The summed E-state index contributed by atoms with van der Waals surface area (Å²) >= 11 is 6.36. The molecule has 0 aromatic heterocycles. The number of rotatable bonds is 13. The van der Waals surface area contributed by atoms with Crippen LogP contribution in [0, 0.1) is 5.92 Å². The summed E-state index contributed by atoms with van der Waals surface area (Å²) in [6.45, 7) is 7.63. The number of nitrogens with one attached hydrogen (secondary N) is 2. The predicted octanol–water partition coefficient (Wildman–Crippen LogP) is 6.46. The van der Waals surface area contributed by atoms with Crippen LogP contribution in [0.25, 0.3) is 0 Å².